The van der Waals surface area contributed by atoms with Crippen LogP contribution >= 0.6 is 0 Å². The van der Waals surface area contributed by atoms with E-state index in [1.165, 1.54) is 15.7 Å². The number of amides is 2. The zero-order valence-electron chi connectivity index (χ0n) is 19.4. The van der Waals surface area contributed by atoms with Crippen molar-refractivity contribution in [3.05, 3.63) is 35.8 Å². The van der Waals surface area contributed by atoms with E-state index in [9.17, 15) is 14.4 Å². The third-order valence-corrected chi connectivity index (χ3v) is 5.55. The normalized spacial score (nSPS) is 17.2. The van der Waals surface area contributed by atoms with E-state index in [4.69, 9.17) is 4.74 Å². The van der Waals surface area contributed by atoms with Crippen LogP contribution < -0.4 is 5.32 Å². The van der Waals surface area contributed by atoms with Crippen LogP contribution in [0.2, 0.25) is 0 Å². The Kier molecular flexibility index (Phi) is 6.13. The van der Waals surface area contributed by atoms with E-state index in [0.29, 0.717) is 12.2 Å². The summed E-state index contributed by atoms with van der Waals surface area (Å²) in [5.41, 5.74) is 0.938. The molecule has 1 spiro atoms. The summed E-state index contributed by atoms with van der Waals surface area (Å²) in [6, 6.07) is 1.96. The van der Waals surface area contributed by atoms with Crippen LogP contribution in [0.25, 0.3) is 0 Å². The van der Waals surface area contributed by atoms with Gasteiger partial charge in [-0.3, -0.25) is 14.9 Å². The number of fused-ring (bicyclic) bond motifs is 2. The zero-order valence-corrected chi connectivity index (χ0v) is 19.4. The van der Waals surface area contributed by atoms with Gasteiger partial charge in [-0.15, -0.1) is 0 Å². The first-order valence-corrected chi connectivity index (χ1v) is 10.7. The van der Waals surface area contributed by atoms with E-state index in [1.54, 1.807) is 20.8 Å². The third kappa shape index (κ3) is 4.51. The van der Waals surface area contributed by atoms with Crippen molar-refractivity contribution < 1.29 is 19.1 Å². The summed E-state index contributed by atoms with van der Waals surface area (Å²) in [7, 11) is 0. The monoisotopic (exact) mass is 441 g/mol. The molecule has 0 saturated heterocycles. The van der Waals surface area contributed by atoms with Crippen LogP contribution in [0, 0.1) is 0 Å². The van der Waals surface area contributed by atoms with E-state index in [1.807, 2.05) is 19.9 Å². The maximum Gasteiger partial charge on any atom is 0.419 e. The summed E-state index contributed by atoms with van der Waals surface area (Å²) >= 11 is 0. The number of carbonyl (C=O) groups excluding carboxylic acids is 3. The number of carbonyl (C=O) groups is 3. The first kappa shape index (κ1) is 23.4. The fourth-order valence-electron chi connectivity index (χ4n) is 3.99. The van der Waals surface area contributed by atoms with Crippen molar-refractivity contribution in [2.75, 3.05) is 13.1 Å². The molecule has 2 amide bonds. The van der Waals surface area contributed by atoms with Gasteiger partial charge in [-0.1, -0.05) is 20.4 Å². The number of guanidine groups is 1. The molecular formula is C23H31N5O4. The minimum Gasteiger partial charge on any atom is -0.443 e. The standard InChI is InChI=1S/C23H31N5O4/c1-8-25-20(24-7)26-17(29)12-27-13-23(9-10-23)15-11-16(14(2)3)28(18(15)19(27)30)21(31)32-22(4,5)6/h8,11,14H,1,7,9-10,12-13H2,2-6H3,(H,25,26,29). The third-order valence-electron chi connectivity index (χ3n) is 5.55. The van der Waals surface area contributed by atoms with Crippen molar-refractivity contribution in [1.82, 2.24) is 14.8 Å². The molecule has 0 aromatic carbocycles. The SMILES string of the molecule is C=CN=C(N=C)NC(=O)CN1CC2(CC2)c2cc(C(C)C)n(C(=O)OC(C)(C)C)c2C1=O. The number of aliphatic imine (C=N–C) groups is 2. The van der Waals surface area contributed by atoms with Crippen LogP contribution in [0.3, 0.4) is 0 Å². The van der Waals surface area contributed by atoms with E-state index in [-0.39, 0.29) is 29.7 Å². The van der Waals surface area contributed by atoms with Gasteiger partial charge in [0.25, 0.3) is 5.91 Å². The second-order valence-corrected chi connectivity index (χ2v) is 9.59. The highest BCUT2D eigenvalue weighted by atomic mass is 16.6. The van der Waals surface area contributed by atoms with Gasteiger partial charge in [0, 0.05) is 23.9 Å². The molecule has 1 N–H and O–H groups in total. The van der Waals surface area contributed by atoms with Crippen LogP contribution in [0.4, 0.5) is 4.79 Å². The molecule has 1 fully saturated rings. The molecule has 32 heavy (non-hydrogen) atoms. The average Bonchev–Trinajstić information content (AvgIpc) is 3.31. The predicted octanol–water partition coefficient (Wildman–Crippen LogP) is 3.20. The first-order valence-electron chi connectivity index (χ1n) is 10.7. The molecule has 0 radical (unpaired) electrons. The molecule has 1 aliphatic carbocycles. The molecule has 0 unspecified atom stereocenters. The number of aromatic nitrogens is 1. The van der Waals surface area contributed by atoms with Gasteiger partial charge in [-0.2, -0.15) is 0 Å². The Morgan fingerprint density at radius 2 is 2.00 bits per heavy atom. The zero-order chi connectivity index (χ0) is 23.8. The van der Waals surface area contributed by atoms with Crippen LogP contribution in [-0.4, -0.2) is 58.7 Å². The molecule has 1 aliphatic heterocycles. The molecule has 0 bridgehead atoms. The molecule has 172 valence electrons. The molecule has 1 aromatic rings. The Bertz CT molecular complexity index is 1010. The average molecular weight is 442 g/mol. The van der Waals surface area contributed by atoms with Crippen LogP contribution in [-0.2, 0) is 14.9 Å². The largest absolute Gasteiger partial charge is 0.443 e. The lowest BCUT2D eigenvalue weighted by atomic mass is 9.90. The number of hydrogen-bond acceptors (Lipinski definition) is 5. The minimum atomic E-state index is -0.713. The Hall–Kier alpha value is -3.23. The fourth-order valence-corrected chi connectivity index (χ4v) is 3.99. The Morgan fingerprint density at radius 1 is 1.34 bits per heavy atom. The number of ether oxygens (including phenoxy) is 1. The summed E-state index contributed by atoms with van der Waals surface area (Å²) in [5, 5.41) is 2.52. The molecular weight excluding hydrogens is 410 g/mol. The summed E-state index contributed by atoms with van der Waals surface area (Å²) < 4.78 is 7.01. The summed E-state index contributed by atoms with van der Waals surface area (Å²) in [6.07, 6.45) is 2.43. The lowest BCUT2D eigenvalue weighted by molar-refractivity contribution is -0.120. The van der Waals surface area contributed by atoms with Crippen molar-refractivity contribution >= 4 is 30.6 Å². The lowest BCUT2D eigenvalue weighted by Crippen LogP contribution is -2.49. The highest BCUT2D eigenvalue weighted by molar-refractivity contribution is 6.04. The molecule has 9 heteroatoms. The molecule has 9 nitrogen and oxygen atoms in total. The first-order chi connectivity index (χ1) is 14.9. The van der Waals surface area contributed by atoms with Gasteiger partial charge in [0.15, 0.2) is 0 Å². The van der Waals surface area contributed by atoms with Gasteiger partial charge in [-0.25, -0.2) is 19.3 Å². The lowest BCUT2D eigenvalue weighted by Gasteiger charge is -2.33. The Labute approximate surface area is 188 Å². The van der Waals surface area contributed by atoms with Crippen LogP contribution in [0.5, 0.6) is 0 Å². The van der Waals surface area contributed by atoms with Crippen molar-refractivity contribution in [2.45, 2.75) is 64.4 Å². The van der Waals surface area contributed by atoms with Crippen LogP contribution in [0.15, 0.2) is 28.8 Å². The predicted molar refractivity (Wildman–Crippen MR) is 122 cm³/mol. The van der Waals surface area contributed by atoms with Gasteiger partial charge in [-0.05, 0) is 57.9 Å². The van der Waals surface area contributed by atoms with E-state index in [2.05, 4.69) is 28.6 Å². The quantitative estimate of drug-likeness (QED) is 0.572. The van der Waals surface area contributed by atoms with Crippen molar-refractivity contribution in [2.24, 2.45) is 9.98 Å². The van der Waals surface area contributed by atoms with Crippen molar-refractivity contribution in [3.8, 4) is 0 Å². The van der Waals surface area contributed by atoms with Crippen molar-refractivity contribution in [3.63, 3.8) is 0 Å². The number of hydrogen-bond donors (Lipinski definition) is 1. The molecule has 1 saturated carbocycles. The molecule has 2 heterocycles. The van der Waals surface area contributed by atoms with Crippen LogP contribution in [0.1, 0.15) is 75.1 Å². The number of nitrogens with one attached hydrogen (secondary N) is 1. The van der Waals surface area contributed by atoms with Gasteiger partial charge in [0.2, 0.25) is 11.9 Å². The topological polar surface area (TPSA) is 105 Å². The van der Waals surface area contributed by atoms with E-state index < -0.39 is 17.6 Å². The van der Waals surface area contributed by atoms with Gasteiger partial charge in [0.1, 0.15) is 17.8 Å². The summed E-state index contributed by atoms with van der Waals surface area (Å²) in [4.78, 5) is 48.1. The summed E-state index contributed by atoms with van der Waals surface area (Å²) in [6.45, 7) is 16.3. The summed E-state index contributed by atoms with van der Waals surface area (Å²) in [5.74, 6) is -0.815. The highest BCUT2D eigenvalue weighted by Crippen LogP contribution is 2.53. The van der Waals surface area contributed by atoms with Gasteiger partial charge >= 0.3 is 6.09 Å². The maximum atomic E-state index is 13.5. The van der Waals surface area contributed by atoms with E-state index >= 15 is 0 Å². The van der Waals surface area contributed by atoms with Gasteiger partial charge in [0.05, 0.1) is 0 Å². The fraction of sp³-hybridized carbons (Fsp3) is 0.522. The van der Waals surface area contributed by atoms with Crippen molar-refractivity contribution in [1.29, 1.82) is 0 Å². The molecule has 3 rings (SSSR count). The minimum absolute atomic E-state index is 0.00445. The smallest absolute Gasteiger partial charge is 0.419 e. The van der Waals surface area contributed by atoms with Gasteiger partial charge < -0.3 is 9.64 Å². The Morgan fingerprint density at radius 3 is 2.50 bits per heavy atom. The van der Waals surface area contributed by atoms with E-state index in [0.717, 1.165) is 24.1 Å². The maximum absolute atomic E-state index is 13.5. The number of nitrogens with zero attached hydrogens (tertiary/aromatic N) is 4. The molecule has 1 aromatic heterocycles. The Balaban J connectivity index is 1.98. The highest BCUT2D eigenvalue weighted by Gasteiger charge is 2.54. The molecule has 2 aliphatic rings. The second-order valence-electron chi connectivity index (χ2n) is 9.59. The number of rotatable bonds is 4. The second kappa shape index (κ2) is 8.37. The molecule has 0 atom stereocenters.